The molecule has 0 fully saturated rings. The Labute approximate surface area is 145 Å². The first-order valence-corrected chi connectivity index (χ1v) is 8.20. The van der Waals surface area contributed by atoms with E-state index in [0.717, 1.165) is 42.0 Å². The van der Waals surface area contributed by atoms with Gasteiger partial charge in [-0.2, -0.15) is 0 Å². The van der Waals surface area contributed by atoms with Gasteiger partial charge in [-0.15, -0.1) is 0 Å². The number of rotatable bonds is 9. The molecule has 4 nitrogen and oxygen atoms in total. The van der Waals surface area contributed by atoms with E-state index in [2.05, 4.69) is 31.1 Å². The third-order valence-electron chi connectivity index (χ3n) is 3.86. The molecule has 0 saturated carbocycles. The summed E-state index contributed by atoms with van der Waals surface area (Å²) in [5.74, 6) is 2.29. The lowest BCUT2D eigenvalue weighted by atomic mass is 10.1. The van der Waals surface area contributed by atoms with Crippen molar-refractivity contribution in [2.45, 2.75) is 19.4 Å². The summed E-state index contributed by atoms with van der Waals surface area (Å²) in [5, 5.41) is 0. The molecule has 0 heterocycles. The Morgan fingerprint density at radius 3 is 2.17 bits per heavy atom. The average Bonchev–Trinajstić information content (AvgIpc) is 2.60. The van der Waals surface area contributed by atoms with E-state index >= 15 is 0 Å². The standard InChI is InChI=1S/C20H27NO3/c1-21(2)12-8-11-17-13-19(22-3)20(23-4)14-18(17)24-15-16-9-6-5-7-10-16/h5-7,9-10,13-14H,8,11-12,15H2,1-4H3. The molecule has 0 atom stereocenters. The molecule has 0 aromatic heterocycles. The van der Waals surface area contributed by atoms with Crippen molar-refractivity contribution in [3.63, 3.8) is 0 Å². The number of hydrogen-bond donors (Lipinski definition) is 0. The van der Waals surface area contributed by atoms with Gasteiger partial charge in [0.2, 0.25) is 0 Å². The first-order chi connectivity index (χ1) is 11.6. The number of methoxy groups -OCH3 is 2. The molecule has 24 heavy (non-hydrogen) atoms. The third-order valence-corrected chi connectivity index (χ3v) is 3.86. The van der Waals surface area contributed by atoms with Gasteiger partial charge >= 0.3 is 0 Å². The zero-order valence-corrected chi connectivity index (χ0v) is 15.0. The molecule has 130 valence electrons. The molecular formula is C20H27NO3. The maximum Gasteiger partial charge on any atom is 0.164 e. The van der Waals surface area contributed by atoms with E-state index in [9.17, 15) is 0 Å². The van der Waals surface area contributed by atoms with E-state index in [4.69, 9.17) is 14.2 Å². The number of hydrogen-bond acceptors (Lipinski definition) is 4. The smallest absolute Gasteiger partial charge is 0.164 e. The highest BCUT2D eigenvalue weighted by molar-refractivity contribution is 5.50. The molecule has 0 aliphatic carbocycles. The van der Waals surface area contributed by atoms with Gasteiger partial charge in [0.25, 0.3) is 0 Å². The Hall–Kier alpha value is -2.20. The number of ether oxygens (including phenoxy) is 3. The van der Waals surface area contributed by atoms with Gasteiger partial charge in [-0.05, 0) is 50.7 Å². The Morgan fingerprint density at radius 2 is 1.54 bits per heavy atom. The van der Waals surface area contributed by atoms with Crippen molar-refractivity contribution in [3.8, 4) is 17.2 Å². The first-order valence-electron chi connectivity index (χ1n) is 8.20. The summed E-state index contributed by atoms with van der Waals surface area (Å²) in [4.78, 5) is 2.19. The molecule has 2 rings (SSSR count). The fourth-order valence-electron chi connectivity index (χ4n) is 2.55. The minimum Gasteiger partial charge on any atom is -0.493 e. The minimum atomic E-state index is 0.539. The molecule has 0 aliphatic heterocycles. The van der Waals surface area contributed by atoms with Crippen molar-refractivity contribution in [1.82, 2.24) is 4.90 Å². The Kier molecular flexibility index (Phi) is 6.94. The van der Waals surface area contributed by atoms with Gasteiger partial charge < -0.3 is 19.1 Å². The van der Waals surface area contributed by atoms with Gasteiger partial charge in [0.05, 0.1) is 14.2 Å². The van der Waals surface area contributed by atoms with Gasteiger partial charge in [-0.1, -0.05) is 30.3 Å². The van der Waals surface area contributed by atoms with Crippen LogP contribution in [-0.4, -0.2) is 39.8 Å². The van der Waals surface area contributed by atoms with Crippen LogP contribution in [0.5, 0.6) is 17.2 Å². The summed E-state index contributed by atoms with van der Waals surface area (Å²) in [6.45, 7) is 1.57. The maximum atomic E-state index is 6.07. The van der Waals surface area contributed by atoms with Gasteiger partial charge in [-0.3, -0.25) is 0 Å². The average molecular weight is 329 g/mol. The molecule has 4 heteroatoms. The Bertz CT molecular complexity index is 626. The minimum absolute atomic E-state index is 0.539. The van der Waals surface area contributed by atoms with E-state index in [1.807, 2.05) is 30.3 Å². The molecule has 0 saturated heterocycles. The molecule has 0 radical (unpaired) electrons. The van der Waals surface area contributed by atoms with Gasteiger partial charge in [-0.25, -0.2) is 0 Å². The summed E-state index contributed by atoms with van der Waals surface area (Å²) >= 11 is 0. The zero-order chi connectivity index (χ0) is 17.4. The normalized spacial score (nSPS) is 10.7. The summed E-state index contributed by atoms with van der Waals surface area (Å²) in [5.41, 5.74) is 2.29. The van der Waals surface area contributed by atoms with Crippen molar-refractivity contribution >= 4 is 0 Å². The second-order valence-electron chi connectivity index (χ2n) is 6.00. The van der Waals surface area contributed by atoms with Crippen molar-refractivity contribution in [2.24, 2.45) is 0 Å². The van der Waals surface area contributed by atoms with Crippen molar-refractivity contribution in [2.75, 3.05) is 34.9 Å². The summed E-state index contributed by atoms with van der Waals surface area (Å²) < 4.78 is 16.9. The van der Waals surface area contributed by atoms with Crippen LogP contribution in [0.2, 0.25) is 0 Å². The zero-order valence-electron chi connectivity index (χ0n) is 15.0. The van der Waals surface area contributed by atoms with Crippen molar-refractivity contribution in [1.29, 1.82) is 0 Å². The number of aryl methyl sites for hydroxylation is 1. The van der Waals surface area contributed by atoms with Crippen molar-refractivity contribution < 1.29 is 14.2 Å². The first kappa shape index (κ1) is 18.1. The van der Waals surface area contributed by atoms with E-state index in [0.29, 0.717) is 12.4 Å². The van der Waals surface area contributed by atoms with Crippen LogP contribution in [0, 0.1) is 0 Å². The highest BCUT2D eigenvalue weighted by atomic mass is 16.5. The topological polar surface area (TPSA) is 30.9 Å². The molecule has 0 spiro atoms. The largest absolute Gasteiger partial charge is 0.493 e. The molecule has 0 aliphatic rings. The van der Waals surface area contributed by atoms with Crippen LogP contribution in [0.4, 0.5) is 0 Å². The van der Waals surface area contributed by atoms with E-state index in [1.54, 1.807) is 14.2 Å². The fourth-order valence-corrected chi connectivity index (χ4v) is 2.55. The van der Waals surface area contributed by atoms with Crippen LogP contribution in [0.3, 0.4) is 0 Å². The SMILES string of the molecule is COc1cc(CCCN(C)C)c(OCc2ccccc2)cc1OC. The van der Waals surface area contributed by atoms with Crippen LogP contribution in [0.1, 0.15) is 17.5 Å². The predicted octanol–water partition coefficient (Wildman–Crippen LogP) is 3.78. The molecule has 2 aromatic carbocycles. The number of nitrogens with zero attached hydrogens (tertiary/aromatic N) is 1. The lowest BCUT2D eigenvalue weighted by molar-refractivity contribution is 0.296. The van der Waals surface area contributed by atoms with E-state index < -0.39 is 0 Å². The molecule has 0 bridgehead atoms. The third kappa shape index (κ3) is 5.17. The monoisotopic (exact) mass is 329 g/mol. The lowest BCUT2D eigenvalue weighted by Gasteiger charge is -2.17. The van der Waals surface area contributed by atoms with Gasteiger partial charge in [0.1, 0.15) is 12.4 Å². The summed E-state index contributed by atoms with van der Waals surface area (Å²) in [6, 6.07) is 14.1. The highest BCUT2D eigenvalue weighted by Gasteiger charge is 2.12. The van der Waals surface area contributed by atoms with Crippen molar-refractivity contribution in [3.05, 3.63) is 53.6 Å². The predicted molar refractivity (Wildman–Crippen MR) is 97.2 cm³/mol. The second kappa shape index (κ2) is 9.18. The molecule has 0 unspecified atom stereocenters. The second-order valence-corrected chi connectivity index (χ2v) is 6.00. The van der Waals surface area contributed by atoms with E-state index in [-0.39, 0.29) is 0 Å². The molecular weight excluding hydrogens is 302 g/mol. The molecule has 2 aromatic rings. The number of benzene rings is 2. The highest BCUT2D eigenvalue weighted by Crippen LogP contribution is 2.35. The Balaban J connectivity index is 2.18. The fraction of sp³-hybridized carbons (Fsp3) is 0.400. The van der Waals surface area contributed by atoms with Gasteiger partial charge in [0, 0.05) is 6.07 Å². The maximum absolute atomic E-state index is 6.07. The van der Waals surface area contributed by atoms with Crippen LogP contribution in [0.15, 0.2) is 42.5 Å². The van der Waals surface area contributed by atoms with Gasteiger partial charge in [0.15, 0.2) is 11.5 Å². The summed E-state index contributed by atoms with van der Waals surface area (Å²) in [7, 11) is 7.47. The van der Waals surface area contributed by atoms with Crippen LogP contribution < -0.4 is 14.2 Å². The van der Waals surface area contributed by atoms with Crippen LogP contribution in [-0.2, 0) is 13.0 Å². The molecule has 0 amide bonds. The van der Waals surface area contributed by atoms with E-state index in [1.165, 1.54) is 0 Å². The van der Waals surface area contributed by atoms with Crippen LogP contribution >= 0.6 is 0 Å². The van der Waals surface area contributed by atoms with Crippen LogP contribution in [0.25, 0.3) is 0 Å². The molecule has 0 N–H and O–H groups in total. The summed E-state index contributed by atoms with van der Waals surface area (Å²) in [6.07, 6.45) is 1.99. The lowest BCUT2D eigenvalue weighted by Crippen LogP contribution is -2.13. The quantitative estimate of drug-likeness (QED) is 0.700. The Morgan fingerprint density at radius 1 is 0.875 bits per heavy atom.